The van der Waals surface area contributed by atoms with Crippen LogP contribution in [-0.4, -0.2) is 47.0 Å². The number of piperidine rings is 2. The summed E-state index contributed by atoms with van der Waals surface area (Å²) in [6.07, 6.45) is 4.63. The first-order valence-corrected chi connectivity index (χ1v) is 6.17. The highest BCUT2D eigenvalue weighted by Crippen LogP contribution is 2.28. The molecular formula is C13H19N3. The van der Waals surface area contributed by atoms with Crippen LogP contribution in [0.25, 0.3) is 0 Å². The summed E-state index contributed by atoms with van der Waals surface area (Å²) < 4.78 is 0. The Morgan fingerprint density at radius 1 is 1.25 bits per heavy atom. The predicted octanol–water partition coefficient (Wildman–Crippen LogP) is 1.36. The second-order valence-electron chi connectivity index (χ2n) is 5.08. The third-order valence-corrected chi connectivity index (χ3v) is 4.01. The van der Waals surface area contributed by atoms with Crippen LogP contribution >= 0.6 is 0 Å². The topological polar surface area (TPSA) is 19.4 Å². The number of rotatable bonds is 2. The molecule has 2 atom stereocenters. The number of pyridine rings is 1. The molecule has 4 heterocycles. The maximum Gasteiger partial charge on any atom is 0.0544 e. The van der Waals surface area contributed by atoms with Crippen molar-refractivity contribution in [2.24, 2.45) is 0 Å². The second kappa shape index (κ2) is 4.15. The van der Waals surface area contributed by atoms with Crippen LogP contribution < -0.4 is 0 Å². The summed E-state index contributed by atoms with van der Waals surface area (Å²) in [7, 11) is 2.26. The van der Waals surface area contributed by atoms with E-state index in [2.05, 4.69) is 34.0 Å². The molecule has 16 heavy (non-hydrogen) atoms. The molecule has 3 heteroatoms. The van der Waals surface area contributed by atoms with Gasteiger partial charge in [-0.05, 0) is 32.0 Å². The molecule has 2 bridgehead atoms. The molecule has 3 nitrogen and oxygen atoms in total. The Kier molecular flexibility index (Phi) is 2.65. The first-order chi connectivity index (χ1) is 7.83. The van der Waals surface area contributed by atoms with Crippen LogP contribution in [0.15, 0.2) is 24.4 Å². The van der Waals surface area contributed by atoms with Gasteiger partial charge in [0, 0.05) is 37.9 Å². The van der Waals surface area contributed by atoms with Gasteiger partial charge in [0.2, 0.25) is 0 Å². The van der Waals surface area contributed by atoms with Crippen molar-refractivity contribution in [2.75, 3.05) is 20.1 Å². The summed E-state index contributed by atoms with van der Waals surface area (Å²) in [5, 5.41) is 0. The largest absolute Gasteiger partial charge is 0.301 e. The minimum Gasteiger partial charge on any atom is -0.301 e. The van der Waals surface area contributed by atoms with Crippen LogP contribution in [0.3, 0.4) is 0 Å². The first kappa shape index (κ1) is 10.2. The highest BCUT2D eigenvalue weighted by molar-refractivity contribution is 5.05. The Labute approximate surface area is 97.1 Å². The number of hydrogen-bond acceptors (Lipinski definition) is 3. The number of aromatic nitrogens is 1. The number of hydrogen-bond donors (Lipinski definition) is 0. The monoisotopic (exact) mass is 217 g/mol. The Hall–Kier alpha value is -0.930. The van der Waals surface area contributed by atoms with E-state index in [1.807, 2.05) is 12.3 Å². The number of likely N-dealkylation sites (N-methyl/N-ethyl adjacent to an activating group) is 1. The average Bonchev–Trinajstić information content (AvgIpc) is 2.32. The third-order valence-electron chi connectivity index (χ3n) is 4.01. The van der Waals surface area contributed by atoms with Crippen molar-refractivity contribution in [1.29, 1.82) is 0 Å². The van der Waals surface area contributed by atoms with Crippen molar-refractivity contribution in [3.05, 3.63) is 30.1 Å². The number of fused-ring (bicyclic) bond motifs is 3. The Morgan fingerprint density at radius 2 is 2.12 bits per heavy atom. The minimum absolute atomic E-state index is 0.747. The highest BCUT2D eigenvalue weighted by Gasteiger charge is 2.36. The molecule has 0 aromatic carbocycles. The Balaban J connectivity index is 1.69. The normalized spacial score (nSPS) is 30.8. The lowest BCUT2D eigenvalue weighted by atomic mass is 9.91. The molecule has 0 radical (unpaired) electrons. The second-order valence-corrected chi connectivity index (χ2v) is 5.08. The first-order valence-electron chi connectivity index (χ1n) is 6.17. The van der Waals surface area contributed by atoms with Crippen LogP contribution in [0.1, 0.15) is 18.5 Å². The summed E-state index contributed by atoms with van der Waals surface area (Å²) in [6, 6.07) is 7.72. The zero-order valence-electron chi connectivity index (χ0n) is 9.84. The van der Waals surface area contributed by atoms with Crippen LogP contribution in [0.2, 0.25) is 0 Å². The van der Waals surface area contributed by atoms with Gasteiger partial charge in [0.25, 0.3) is 0 Å². The van der Waals surface area contributed by atoms with E-state index in [0.29, 0.717) is 0 Å². The van der Waals surface area contributed by atoms with Gasteiger partial charge in [0.1, 0.15) is 0 Å². The van der Waals surface area contributed by atoms with Crippen molar-refractivity contribution in [1.82, 2.24) is 14.8 Å². The van der Waals surface area contributed by atoms with Gasteiger partial charge in [0.15, 0.2) is 0 Å². The fraction of sp³-hybridized carbons (Fsp3) is 0.615. The molecule has 3 saturated heterocycles. The van der Waals surface area contributed by atoms with Crippen molar-refractivity contribution < 1.29 is 0 Å². The maximum atomic E-state index is 4.42. The van der Waals surface area contributed by atoms with E-state index in [9.17, 15) is 0 Å². The van der Waals surface area contributed by atoms with Crippen LogP contribution in [0, 0.1) is 0 Å². The summed E-state index contributed by atoms with van der Waals surface area (Å²) in [5.74, 6) is 0. The lowest BCUT2D eigenvalue weighted by Crippen LogP contribution is -2.60. The Morgan fingerprint density at radius 3 is 2.75 bits per heavy atom. The quantitative estimate of drug-likeness (QED) is 0.745. The van der Waals surface area contributed by atoms with Gasteiger partial charge >= 0.3 is 0 Å². The molecule has 4 rings (SSSR count). The predicted molar refractivity (Wildman–Crippen MR) is 64.1 cm³/mol. The molecule has 0 amide bonds. The van der Waals surface area contributed by atoms with Gasteiger partial charge in [-0.15, -0.1) is 0 Å². The third kappa shape index (κ3) is 1.85. The molecule has 2 unspecified atom stereocenters. The molecule has 3 aliphatic heterocycles. The van der Waals surface area contributed by atoms with E-state index in [1.54, 1.807) is 0 Å². The highest BCUT2D eigenvalue weighted by atomic mass is 15.3. The van der Waals surface area contributed by atoms with Gasteiger partial charge in [0.05, 0.1) is 5.69 Å². The molecular weight excluding hydrogens is 198 g/mol. The Bertz CT molecular complexity index is 351. The standard InChI is InChI=1S/C13H19N3/c1-15-9-13-6-5-12(15)10-16(13)8-11-4-2-3-7-14-11/h2-4,7,12-13H,5-6,8-10H2,1H3. The van der Waals surface area contributed by atoms with E-state index in [-0.39, 0.29) is 0 Å². The van der Waals surface area contributed by atoms with E-state index in [0.717, 1.165) is 18.6 Å². The van der Waals surface area contributed by atoms with E-state index in [4.69, 9.17) is 0 Å². The molecule has 0 spiro atoms. The van der Waals surface area contributed by atoms with Gasteiger partial charge in [-0.25, -0.2) is 0 Å². The van der Waals surface area contributed by atoms with E-state index < -0.39 is 0 Å². The summed E-state index contributed by atoms with van der Waals surface area (Å²) >= 11 is 0. The molecule has 0 aliphatic carbocycles. The van der Waals surface area contributed by atoms with E-state index in [1.165, 1.54) is 31.6 Å². The van der Waals surface area contributed by atoms with Crippen molar-refractivity contribution >= 4 is 0 Å². The smallest absolute Gasteiger partial charge is 0.0544 e. The fourth-order valence-corrected chi connectivity index (χ4v) is 3.02. The summed E-state index contributed by atoms with van der Waals surface area (Å²) in [6.45, 7) is 3.48. The zero-order chi connectivity index (χ0) is 11.0. The number of piperazine rings is 1. The zero-order valence-corrected chi connectivity index (χ0v) is 9.84. The van der Waals surface area contributed by atoms with Crippen LogP contribution in [0.5, 0.6) is 0 Å². The molecule has 3 aliphatic rings. The fourth-order valence-electron chi connectivity index (χ4n) is 3.02. The summed E-state index contributed by atoms with van der Waals surface area (Å²) in [5.41, 5.74) is 1.21. The minimum atomic E-state index is 0.747. The molecule has 86 valence electrons. The van der Waals surface area contributed by atoms with E-state index >= 15 is 0 Å². The van der Waals surface area contributed by atoms with Gasteiger partial charge in [-0.2, -0.15) is 0 Å². The molecule has 0 N–H and O–H groups in total. The lowest BCUT2D eigenvalue weighted by molar-refractivity contribution is -0.0117. The van der Waals surface area contributed by atoms with Gasteiger partial charge < -0.3 is 4.90 Å². The van der Waals surface area contributed by atoms with Crippen LogP contribution in [-0.2, 0) is 6.54 Å². The van der Waals surface area contributed by atoms with Crippen molar-refractivity contribution in [3.63, 3.8) is 0 Å². The molecule has 1 aromatic rings. The molecule has 3 fully saturated rings. The average molecular weight is 217 g/mol. The molecule has 0 saturated carbocycles. The molecule has 1 aromatic heterocycles. The summed E-state index contributed by atoms with van der Waals surface area (Å²) in [4.78, 5) is 9.54. The maximum absolute atomic E-state index is 4.42. The van der Waals surface area contributed by atoms with Gasteiger partial charge in [-0.3, -0.25) is 9.88 Å². The van der Waals surface area contributed by atoms with Gasteiger partial charge in [-0.1, -0.05) is 6.07 Å². The van der Waals surface area contributed by atoms with Crippen molar-refractivity contribution in [3.8, 4) is 0 Å². The lowest BCUT2D eigenvalue weighted by Gasteiger charge is -2.50. The van der Waals surface area contributed by atoms with Crippen molar-refractivity contribution in [2.45, 2.75) is 31.5 Å². The SMILES string of the molecule is CN1CC2CCC1CN2Cc1ccccn1. The number of nitrogens with zero attached hydrogens (tertiary/aromatic N) is 3. The van der Waals surface area contributed by atoms with Crippen LogP contribution in [0.4, 0.5) is 0 Å².